The molecule has 0 unspecified atom stereocenters. The Kier molecular flexibility index (Phi) is 2.53. The Labute approximate surface area is 99.2 Å². The summed E-state index contributed by atoms with van der Waals surface area (Å²) >= 11 is 0. The molecule has 0 bridgehead atoms. The van der Waals surface area contributed by atoms with Gasteiger partial charge in [0.05, 0.1) is 0 Å². The van der Waals surface area contributed by atoms with Crippen molar-refractivity contribution in [2.24, 2.45) is 0 Å². The number of anilines is 1. The van der Waals surface area contributed by atoms with E-state index in [1.54, 1.807) is 24.5 Å². The average molecular weight is 233 g/mol. The Morgan fingerprint density at radius 2 is 2.12 bits per heavy atom. The van der Waals surface area contributed by atoms with Crippen LogP contribution in [0.25, 0.3) is 11.0 Å². The average Bonchev–Trinajstić information content (AvgIpc) is 2.60. The number of hydrogen-bond acceptors (Lipinski definition) is 4. The number of nitrogens with two attached hydrogens (primary N) is 1. The van der Waals surface area contributed by atoms with E-state index in [0.29, 0.717) is 11.3 Å². The van der Waals surface area contributed by atoms with Crippen molar-refractivity contribution in [3.63, 3.8) is 0 Å². The van der Waals surface area contributed by atoms with Gasteiger partial charge in [-0.25, -0.2) is 14.3 Å². The van der Waals surface area contributed by atoms with E-state index in [1.807, 2.05) is 20.8 Å². The topological polar surface area (TPSA) is 70.1 Å². The Bertz CT molecular complexity index is 567. The molecule has 0 aliphatic rings. The number of fused-ring (bicyclic) bond motifs is 1. The number of aromatic nitrogens is 2. The first-order valence-corrected chi connectivity index (χ1v) is 5.33. The summed E-state index contributed by atoms with van der Waals surface area (Å²) in [4.78, 5) is 16.0. The van der Waals surface area contributed by atoms with Crippen molar-refractivity contribution >= 4 is 22.8 Å². The predicted octanol–water partition coefficient (Wildman–Crippen LogP) is 2.40. The second kappa shape index (κ2) is 3.76. The molecule has 0 saturated heterocycles. The first kappa shape index (κ1) is 11.4. The molecule has 17 heavy (non-hydrogen) atoms. The summed E-state index contributed by atoms with van der Waals surface area (Å²) in [5.41, 5.74) is 6.37. The van der Waals surface area contributed by atoms with Gasteiger partial charge in [0.2, 0.25) is 0 Å². The zero-order valence-electron chi connectivity index (χ0n) is 10.1. The third-order valence-electron chi connectivity index (χ3n) is 2.21. The maximum atomic E-state index is 11.9. The lowest BCUT2D eigenvalue weighted by Crippen LogP contribution is -2.26. The summed E-state index contributed by atoms with van der Waals surface area (Å²) in [6.45, 7) is 5.45. The van der Waals surface area contributed by atoms with Gasteiger partial charge in [0.15, 0.2) is 5.65 Å². The van der Waals surface area contributed by atoms with Crippen LogP contribution in [-0.2, 0) is 4.74 Å². The fourth-order valence-corrected chi connectivity index (χ4v) is 1.52. The van der Waals surface area contributed by atoms with Crippen LogP contribution >= 0.6 is 0 Å². The summed E-state index contributed by atoms with van der Waals surface area (Å²) in [5, 5.41) is 0.748. The molecule has 0 radical (unpaired) electrons. The van der Waals surface area contributed by atoms with Crippen molar-refractivity contribution in [2.45, 2.75) is 26.4 Å². The van der Waals surface area contributed by atoms with Crippen LogP contribution in [0.15, 0.2) is 24.5 Å². The zero-order valence-corrected chi connectivity index (χ0v) is 10.1. The maximum absolute atomic E-state index is 11.9. The summed E-state index contributed by atoms with van der Waals surface area (Å²) in [6, 6.07) is 3.45. The summed E-state index contributed by atoms with van der Waals surface area (Å²) in [6.07, 6.45) is 2.73. The molecule has 5 nitrogen and oxygen atoms in total. The second-order valence-electron chi connectivity index (χ2n) is 4.80. The van der Waals surface area contributed by atoms with Crippen molar-refractivity contribution in [3.8, 4) is 0 Å². The third kappa shape index (κ3) is 2.22. The number of ether oxygens (including phenoxy) is 1. The molecule has 90 valence electrons. The SMILES string of the molecule is CC(C)(C)OC(=O)n1ccc2c(N)ccnc21. The Morgan fingerprint density at radius 3 is 2.76 bits per heavy atom. The zero-order chi connectivity index (χ0) is 12.6. The van der Waals surface area contributed by atoms with Gasteiger partial charge in [-0.1, -0.05) is 0 Å². The van der Waals surface area contributed by atoms with Gasteiger partial charge in [0, 0.05) is 23.5 Å². The molecule has 0 saturated carbocycles. The van der Waals surface area contributed by atoms with Gasteiger partial charge < -0.3 is 10.5 Å². The molecule has 0 fully saturated rings. The molecular weight excluding hydrogens is 218 g/mol. The lowest BCUT2D eigenvalue weighted by Gasteiger charge is -2.19. The van der Waals surface area contributed by atoms with E-state index in [1.165, 1.54) is 4.57 Å². The summed E-state index contributed by atoms with van der Waals surface area (Å²) < 4.78 is 6.63. The number of rotatable bonds is 0. The molecule has 0 atom stereocenters. The maximum Gasteiger partial charge on any atom is 0.420 e. The Morgan fingerprint density at radius 1 is 1.41 bits per heavy atom. The van der Waals surface area contributed by atoms with E-state index in [0.717, 1.165) is 5.39 Å². The molecule has 2 rings (SSSR count). The standard InChI is InChI=1S/C12H15N3O2/c1-12(2,3)17-11(16)15-7-5-8-9(13)4-6-14-10(8)15/h4-7H,1-3H3,(H2,13,14). The van der Waals surface area contributed by atoms with Crippen molar-refractivity contribution in [1.82, 2.24) is 9.55 Å². The molecule has 0 aliphatic carbocycles. The molecule has 0 aliphatic heterocycles. The Balaban J connectivity index is 2.43. The summed E-state index contributed by atoms with van der Waals surface area (Å²) in [7, 11) is 0. The highest BCUT2D eigenvalue weighted by Gasteiger charge is 2.19. The van der Waals surface area contributed by atoms with E-state index < -0.39 is 11.7 Å². The number of nitrogens with zero attached hydrogens (tertiary/aromatic N) is 2. The monoisotopic (exact) mass is 233 g/mol. The fraction of sp³-hybridized carbons (Fsp3) is 0.333. The minimum absolute atomic E-state index is 0.453. The first-order chi connectivity index (χ1) is 7.88. The second-order valence-corrected chi connectivity index (χ2v) is 4.80. The van der Waals surface area contributed by atoms with Crippen LogP contribution in [0.5, 0.6) is 0 Å². The molecule has 2 N–H and O–H groups in total. The molecule has 2 heterocycles. The number of pyridine rings is 1. The predicted molar refractivity (Wildman–Crippen MR) is 65.8 cm³/mol. The molecule has 0 amide bonds. The van der Waals surface area contributed by atoms with E-state index in [9.17, 15) is 4.79 Å². The fourth-order valence-electron chi connectivity index (χ4n) is 1.52. The van der Waals surface area contributed by atoms with Crippen LogP contribution in [0.3, 0.4) is 0 Å². The highest BCUT2D eigenvalue weighted by Crippen LogP contribution is 2.20. The minimum atomic E-state index is -0.534. The van der Waals surface area contributed by atoms with E-state index >= 15 is 0 Å². The van der Waals surface area contributed by atoms with Crippen LogP contribution < -0.4 is 5.73 Å². The van der Waals surface area contributed by atoms with E-state index in [4.69, 9.17) is 10.5 Å². The van der Waals surface area contributed by atoms with Crippen LogP contribution in [-0.4, -0.2) is 21.2 Å². The number of hydrogen-bond donors (Lipinski definition) is 1. The van der Waals surface area contributed by atoms with E-state index in [2.05, 4.69) is 4.98 Å². The molecule has 2 aromatic heterocycles. The quantitative estimate of drug-likeness (QED) is 0.758. The van der Waals surface area contributed by atoms with Crippen LogP contribution in [0.1, 0.15) is 20.8 Å². The molecule has 5 heteroatoms. The highest BCUT2D eigenvalue weighted by molar-refractivity contribution is 5.93. The lowest BCUT2D eigenvalue weighted by molar-refractivity contribution is 0.0543. The third-order valence-corrected chi connectivity index (χ3v) is 2.21. The van der Waals surface area contributed by atoms with Gasteiger partial charge in [-0.05, 0) is 32.9 Å². The van der Waals surface area contributed by atoms with Gasteiger partial charge in [-0.15, -0.1) is 0 Å². The van der Waals surface area contributed by atoms with Gasteiger partial charge in [-0.3, -0.25) is 0 Å². The normalized spacial score (nSPS) is 11.7. The Hall–Kier alpha value is -2.04. The molecule has 0 aromatic carbocycles. The van der Waals surface area contributed by atoms with Gasteiger partial charge in [0.25, 0.3) is 0 Å². The van der Waals surface area contributed by atoms with Crippen molar-refractivity contribution < 1.29 is 9.53 Å². The van der Waals surface area contributed by atoms with E-state index in [-0.39, 0.29) is 0 Å². The smallest absolute Gasteiger partial charge is 0.420 e. The molecular formula is C12H15N3O2. The van der Waals surface area contributed by atoms with Crippen LogP contribution in [0.4, 0.5) is 10.5 Å². The number of nitrogen functional groups attached to an aromatic ring is 1. The largest absolute Gasteiger partial charge is 0.443 e. The van der Waals surface area contributed by atoms with Crippen LogP contribution in [0, 0.1) is 0 Å². The van der Waals surface area contributed by atoms with Crippen molar-refractivity contribution in [3.05, 3.63) is 24.5 Å². The number of carbonyl (C=O) groups excluding carboxylic acids is 1. The van der Waals surface area contributed by atoms with Gasteiger partial charge in [-0.2, -0.15) is 0 Å². The van der Waals surface area contributed by atoms with Crippen molar-refractivity contribution in [1.29, 1.82) is 0 Å². The first-order valence-electron chi connectivity index (χ1n) is 5.33. The van der Waals surface area contributed by atoms with Crippen molar-refractivity contribution in [2.75, 3.05) is 5.73 Å². The minimum Gasteiger partial charge on any atom is -0.443 e. The molecule has 0 spiro atoms. The number of carbonyl (C=O) groups is 1. The van der Waals surface area contributed by atoms with Gasteiger partial charge >= 0.3 is 6.09 Å². The molecule has 2 aromatic rings. The lowest BCUT2D eigenvalue weighted by atomic mass is 10.2. The van der Waals surface area contributed by atoms with Gasteiger partial charge in [0.1, 0.15) is 5.60 Å². The highest BCUT2D eigenvalue weighted by atomic mass is 16.6. The summed E-state index contributed by atoms with van der Waals surface area (Å²) in [5.74, 6) is 0. The van der Waals surface area contributed by atoms with Crippen LogP contribution in [0.2, 0.25) is 0 Å².